The van der Waals surface area contributed by atoms with E-state index < -0.39 is 11.7 Å². The van der Waals surface area contributed by atoms with Crippen LogP contribution in [-0.2, 0) is 0 Å². The molecule has 4 N–H and O–H groups in total. The third-order valence-electron chi connectivity index (χ3n) is 3.16. The minimum atomic E-state index is -0.644. The third kappa shape index (κ3) is 2.72. The number of anilines is 2. The average Bonchev–Trinajstić information content (AvgIpc) is 2.31. The number of primary amides is 1. The number of amides is 1. The Morgan fingerprint density at radius 1 is 1.44 bits per heavy atom. The third-order valence-corrected chi connectivity index (χ3v) is 3.16. The van der Waals surface area contributed by atoms with E-state index in [0.717, 1.165) is 12.5 Å². The molecule has 1 amide bonds. The van der Waals surface area contributed by atoms with Crippen LogP contribution < -0.4 is 16.4 Å². The summed E-state index contributed by atoms with van der Waals surface area (Å²) in [6.07, 6.45) is 0.879. The maximum atomic E-state index is 14.0. The van der Waals surface area contributed by atoms with E-state index in [1.54, 1.807) is 0 Å². The van der Waals surface area contributed by atoms with Crippen LogP contribution in [0, 0.1) is 5.82 Å². The maximum Gasteiger partial charge on any atom is 0.250 e. The molecule has 1 aromatic carbocycles. The summed E-state index contributed by atoms with van der Waals surface area (Å²) >= 11 is 0. The molecule has 0 spiro atoms. The predicted octanol–water partition coefficient (Wildman–Crippen LogP) is 2.13. The van der Waals surface area contributed by atoms with E-state index >= 15 is 0 Å². The van der Waals surface area contributed by atoms with Crippen molar-refractivity contribution in [2.45, 2.75) is 33.2 Å². The monoisotopic (exact) mass is 253 g/mol. The van der Waals surface area contributed by atoms with E-state index in [2.05, 4.69) is 0 Å². The zero-order chi connectivity index (χ0) is 13.9. The molecule has 1 atom stereocenters. The SMILES string of the molecule is CCC(C)N(CC)c1cc(C(N)=O)c(N)cc1F. The van der Waals surface area contributed by atoms with Crippen LogP contribution in [0.15, 0.2) is 12.1 Å². The molecule has 0 heterocycles. The molecule has 0 fully saturated rings. The lowest BCUT2D eigenvalue weighted by molar-refractivity contribution is 0.100. The van der Waals surface area contributed by atoms with Crippen molar-refractivity contribution >= 4 is 17.3 Å². The lowest BCUT2D eigenvalue weighted by atomic mass is 10.1. The molecule has 0 aliphatic carbocycles. The summed E-state index contributed by atoms with van der Waals surface area (Å²) in [5.74, 6) is -1.08. The van der Waals surface area contributed by atoms with E-state index in [1.807, 2.05) is 25.7 Å². The number of carbonyl (C=O) groups excluding carboxylic acids is 1. The summed E-state index contributed by atoms with van der Waals surface area (Å²) in [7, 11) is 0. The molecule has 0 radical (unpaired) electrons. The van der Waals surface area contributed by atoms with Crippen LogP contribution in [0.25, 0.3) is 0 Å². The molecule has 4 nitrogen and oxygen atoms in total. The van der Waals surface area contributed by atoms with Crippen LogP contribution in [0.5, 0.6) is 0 Å². The van der Waals surface area contributed by atoms with Gasteiger partial charge in [-0.2, -0.15) is 0 Å². The second-order valence-electron chi connectivity index (χ2n) is 4.30. The molecule has 100 valence electrons. The van der Waals surface area contributed by atoms with Crippen LogP contribution in [0.1, 0.15) is 37.6 Å². The molecule has 18 heavy (non-hydrogen) atoms. The van der Waals surface area contributed by atoms with Gasteiger partial charge >= 0.3 is 0 Å². The minimum Gasteiger partial charge on any atom is -0.398 e. The predicted molar refractivity (Wildman–Crippen MR) is 72.1 cm³/mol. The Morgan fingerprint density at radius 2 is 2.06 bits per heavy atom. The zero-order valence-electron chi connectivity index (χ0n) is 11.0. The largest absolute Gasteiger partial charge is 0.398 e. The fourth-order valence-electron chi connectivity index (χ4n) is 1.95. The Labute approximate surface area is 107 Å². The number of halogens is 1. The number of nitrogens with two attached hydrogens (primary N) is 2. The molecule has 1 aromatic rings. The van der Waals surface area contributed by atoms with Crippen LogP contribution in [0.3, 0.4) is 0 Å². The first-order valence-electron chi connectivity index (χ1n) is 6.07. The van der Waals surface area contributed by atoms with E-state index in [1.165, 1.54) is 6.07 Å². The van der Waals surface area contributed by atoms with Crippen molar-refractivity contribution in [1.29, 1.82) is 0 Å². The van der Waals surface area contributed by atoms with Crippen molar-refractivity contribution < 1.29 is 9.18 Å². The molecular weight excluding hydrogens is 233 g/mol. The minimum absolute atomic E-state index is 0.0731. The highest BCUT2D eigenvalue weighted by atomic mass is 19.1. The number of nitrogen functional groups attached to an aromatic ring is 1. The van der Waals surface area contributed by atoms with Gasteiger partial charge in [-0.1, -0.05) is 6.92 Å². The Balaban J connectivity index is 3.30. The van der Waals surface area contributed by atoms with Crippen molar-refractivity contribution in [3.8, 4) is 0 Å². The van der Waals surface area contributed by atoms with Crippen molar-refractivity contribution in [3.63, 3.8) is 0 Å². The summed E-state index contributed by atoms with van der Waals surface area (Å²) in [6.45, 7) is 6.61. The number of hydrogen-bond acceptors (Lipinski definition) is 3. The number of nitrogens with zero attached hydrogens (tertiary/aromatic N) is 1. The number of carbonyl (C=O) groups is 1. The van der Waals surface area contributed by atoms with Crippen LogP contribution in [0.2, 0.25) is 0 Å². The summed E-state index contributed by atoms with van der Waals surface area (Å²) in [5.41, 5.74) is 11.4. The van der Waals surface area contributed by atoms with Gasteiger partial charge in [-0.3, -0.25) is 4.79 Å². The molecule has 0 aromatic heterocycles. The quantitative estimate of drug-likeness (QED) is 0.789. The smallest absolute Gasteiger partial charge is 0.250 e. The van der Waals surface area contributed by atoms with Gasteiger partial charge in [0.25, 0.3) is 5.91 Å². The van der Waals surface area contributed by atoms with Gasteiger partial charge in [0.1, 0.15) is 5.82 Å². The summed E-state index contributed by atoms with van der Waals surface area (Å²) in [4.78, 5) is 13.1. The first-order valence-corrected chi connectivity index (χ1v) is 6.07. The van der Waals surface area contributed by atoms with Gasteiger partial charge in [-0.05, 0) is 32.4 Å². The lowest BCUT2D eigenvalue weighted by Gasteiger charge is -2.30. The topological polar surface area (TPSA) is 72.3 Å². The van der Waals surface area contributed by atoms with E-state index in [4.69, 9.17) is 11.5 Å². The van der Waals surface area contributed by atoms with Gasteiger partial charge in [-0.25, -0.2) is 4.39 Å². The highest BCUT2D eigenvalue weighted by molar-refractivity contribution is 5.99. The first-order chi connectivity index (χ1) is 8.42. The molecule has 5 heteroatoms. The molecule has 0 bridgehead atoms. The van der Waals surface area contributed by atoms with Gasteiger partial charge < -0.3 is 16.4 Å². The molecular formula is C13H20FN3O. The van der Waals surface area contributed by atoms with Gasteiger partial charge in [-0.15, -0.1) is 0 Å². The average molecular weight is 253 g/mol. The fourth-order valence-corrected chi connectivity index (χ4v) is 1.95. The van der Waals surface area contributed by atoms with E-state index in [9.17, 15) is 9.18 Å². The molecule has 0 aliphatic heterocycles. The van der Waals surface area contributed by atoms with Gasteiger partial charge in [0.2, 0.25) is 0 Å². The Hall–Kier alpha value is -1.78. The maximum absolute atomic E-state index is 14.0. The summed E-state index contributed by atoms with van der Waals surface area (Å²) in [5, 5.41) is 0. The second kappa shape index (κ2) is 5.71. The molecule has 1 unspecified atom stereocenters. The van der Waals surface area contributed by atoms with Crippen LogP contribution in [-0.4, -0.2) is 18.5 Å². The number of rotatable bonds is 5. The van der Waals surface area contributed by atoms with Gasteiger partial charge in [0, 0.05) is 18.3 Å². The Bertz CT molecular complexity index is 448. The zero-order valence-corrected chi connectivity index (χ0v) is 11.0. The second-order valence-corrected chi connectivity index (χ2v) is 4.30. The highest BCUT2D eigenvalue weighted by Gasteiger charge is 2.18. The van der Waals surface area contributed by atoms with Crippen molar-refractivity contribution in [2.75, 3.05) is 17.2 Å². The van der Waals surface area contributed by atoms with Gasteiger partial charge in [0.15, 0.2) is 0 Å². The normalized spacial score (nSPS) is 12.2. The summed E-state index contributed by atoms with van der Waals surface area (Å²) < 4.78 is 14.0. The van der Waals surface area contributed by atoms with Crippen molar-refractivity contribution in [3.05, 3.63) is 23.5 Å². The van der Waals surface area contributed by atoms with Crippen LogP contribution in [0.4, 0.5) is 15.8 Å². The fraction of sp³-hybridized carbons (Fsp3) is 0.462. The van der Waals surface area contributed by atoms with E-state index in [0.29, 0.717) is 12.2 Å². The van der Waals surface area contributed by atoms with Crippen molar-refractivity contribution in [2.24, 2.45) is 5.73 Å². The summed E-state index contributed by atoms with van der Waals surface area (Å²) in [6, 6.07) is 2.76. The Morgan fingerprint density at radius 3 is 2.50 bits per heavy atom. The Kier molecular flexibility index (Phi) is 4.53. The molecule has 0 aliphatic rings. The number of hydrogen-bond donors (Lipinski definition) is 2. The molecule has 0 saturated heterocycles. The van der Waals surface area contributed by atoms with Crippen LogP contribution >= 0.6 is 0 Å². The molecule has 1 rings (SSSR count). The first kappa shape index (κ1) is 14.3. The van der Waals surface area contributed by atoms with Gasteiger partial charge in [0.05, 0.1) is 11.3 Å². The highest BCUT2D eigenvalue weighted by Crippen LogP contribution is 2.27. The molecule has 0 saturated carbocycles. The number of benzene rings is 1. The van der Waals surface area contributed by atoms with Crippen molar-refractivity contribution in [1.82, 2.24) is 0 Å². The lowest BCUT2D eigenvalue weighted by Crippen LogP contribution is -2.33. The van der Waals surface area contributed by atoms with E-state index in [-0.39, 0.29) is 17.3 Å². The standard InChI is InChI=1S/C13H20FN3O/c1-4-8(3)17(5-2)12-6-9(13(16)18)11(15)7-10(12)14/h6-8H,4-5,15H2,1-3H3,(H2,16,18).